The van der Waals surface area contributed by atoms with Gasteiger partial charge >= 0.3 is 0 Å². The summed E-state index contributed by atoms with van der Waals surface area (Å²) in [4.78, 5) is 2.48. The average molecular weight is 329 g/mol. The minimum atomic E-state index is 0.0214. The molecule has 0 atom stereocenters. The van der Waals surface area contributed by atoms with Crippen molar-refractivity contribution in [3.8, 4) is 0 Å². The number of hydrogen-bond donors (Lipinski definition) is 2. The Morgan fingerprint density at radius 3 is 2.88 bits per heavy atom. The fraction of sp³-hybridized carbons (Fsp3) is 0.667. The third-order valence-corrected chi connectivity index (χ3v) is 5.46. The van der Waals surface area contributed by atoms with Gasteiger partial charge in [-0.25, -0.2) is 0 Å². The van der Waals surface area contributed by atoms with Crippen molar-refractivity contribution in [2.24, 2.45) is 0 Å². The van der Waals surface area contributed by atoms with Crippen molar-refractivity contribution in [1.29, 1.82) is 0 Å². The van der Waals surface area contributed by atoms with Crippen LogP contribution in [0.1, 0.15) is 67.1 Å². The molecule has 1 saturated carbocycles. The fourth-order valence-electron chi connectivity index (χ4n) is 4.23. The van der Waals surface area contributed by atoms with Crippen LogP contribution in [-0.2, 0) is 26.2 Å². The fourth-order valence-corrected chi connectivity index (χ4v) is 4.23. The van der Waals surface area contributed by atoms with Crippen LogP contribution in [0.25, 0.3) is 0 Å². The van der Waals surface area contributed by atoms with E-state index in [1.807, 2.05) is 12.3 Å². The summed E-state index contributed by atoms with van der Waals surface area (Å²) in [7, 11) is 0. The first-order valence-corrected chi connectivity index (χ1v) is 9.24. The Balaban J connectivity index is 1.48. The number of rotatable bonds is 4. The second kappa shape index (κ2) is 7.07. The molecule has 0 aromatic carbocycles. The average Bonchev–Trinajstić information content (AvgIpc) is 3.18. The van der Waals surface area contributed by atoms with Crippen LogP contribution in [0.4, 0.5) is 0 Å². The molecule has 0 spiro atoms. The van der Waals surface area contributed by atoms with Gasteiger partial charge in [0.05, 0.1) is 24.2 Å². The summed E-state index contributed by atoms with van der Waals surface area (Å²) in [6.07, 6.45) is 9.76. The van der Waals surface area contributed by atoms with Crippen molar-refractivity contribution >= 4 is 0 Å². The molecule has 0 unspecified atom stereocenters. The molecule has 0 amide bonds. The lowest BCUT2D eigenvalue weighted by Gasteiger charge is -2.24. The number of H-pyrrole nitrogens is 1. The van der Waals surface area contributed by atoms with Crippen molar-refractivity contribution in [1.82, 2.24) is 24.9 Å². The summed E-state index contributed by atoms with van der Waals surface area (Å²) in [5.74, 6) is 0.662. The van der Waals surface area contributed by atoms with E-state index in [9.17, 15) is 5.11 Å². The molecule has 6 nitrogen and oxygen atoms in total. The van der Waals surface area contributed by atoms with Gasteiger partial charge in [-0.15, -0.1) is 0 Å². The quantitative estimate of drug-likeness (QED) is 0.904. The van der Waals surface area contributed by atoms with Gasteiger partial charge in [-0.1, -0.05) is 19.3 Å². The molecule has 1 aliphatic carbocycles. The van der Waals surface area contributed by atoms with Gasteiger partial charge in [0.15, 0.2) is 0 Å². The van der Waals surface area contributed by atoms with E-state index in [-0.39, 0.29) is 6.61 Å². The van der Waals surface area contributed by atoms with Gasteiger partial charge in [0.1, 0.15) is 0 Å². The highest BCUT2D eigenvalue weighted by atomic mass is 16.3. The zero-order valence-electron chi connectivity index (χ0n) is 14.2. The van der Waals surface area contributed by atoms with E-state index in [0.29, 0.717) is 5.92 Å². The monoisotopic (exact) mass is 329 g/mol. The maximum Gasteiger partial charge on any atom is 0.0882 e. The molecule has 2 aromatic rings. The maximum absolute atomic E-state index is 9.31. The van der Waals surface area contributed by atoms with Crippen LogP contribution in [0, 0.1) is 0 Å². The molecule has 130 valence electrons. The van der Waals surface area contributed by atoms with E-state index < -0.39 is 0 Å². The molecule has 2 aliphatic rings. The lowest BCUT2D eigenvalue weighted by Crippen LogP contribution is -2.23. The Morgan fingerprint density at radius 1 is 1.17 bits per heavy atom. The number of aromatic nitrogens is 4. The third kappa shape index (κ3) is 3.26. The van der Waals surface area contributed by atoms with E-state index in [1.54, 1.807) is 0 Å². The molecule has 4 rings (SSSR count). The lowest BCUT2D eigenvalue weighted by molar-refractivity contribution is 0.258. The zero-order valence-corrected chi connectivity index (χ0v) is 14.2. The minimum absolute atomic E-state index is 0.0214. The van der Waals surface area contributed by atoms with Crippen molar-refractivity contribution in [2.45, 2.75) is 70.7 Å². The van der Waals surface area contributed by atoms with Crippen LogP contribution >= 0.6 is 0 Å². The van der Waals surface area contributed by atoms with E-state index in [1.165, 1.54) is 49.1 Å². The summed E-state index contributed by atoms with van der Waals surface area (Å²) in [5.41, 5.74) is 4.71. The van der Waals surface area contributed by atoms with Crippen LogP contribution in [0.3, 0.4) is 0 Å². The van der Waals surface area contributed by atoms with Gasteiger partial charge in [-0.2, -0.15) is 10.2 Å². The highest BCUT2D eigenvalue weighted by Crippen LogP contribution is 2.33. The smallest absolute Gasteiger partial charge is 0.0882 e. The standard InChI is InChI=1S/C18H27N5O/c24-13-16-9-17-12-22(7-4-8-23(17)21-16)11-15-10-19-20-18(15)14-5-2-1-3-6-14/h9-10,14,24H,1-8,11-13H2,(H,19,20). The highest BCUT2D eigenvalue weighted by molar-refractivity contribution is 5.21. The van der Waals surface area contributed by atoms with Gasteiger partial charge in [0, 0.05) is 43.4 Å². The maximum atomic E-state index is 9.31. The van der Waals surface area contributed by atoms with Gasteiger partial charge < -0.3 is 5.11 Å². The molecule has 1 fully saturated rings. The van der Waals surface area contributed by atoms with E-state index in [4.69, 9.17) is 0 Å². The number of aryl methyl sites for hydroxylation is 1. The van der Waals surface area contributed by atoms with Crippen LogP contribution in [0.15, 0.2) is 12.3 Å². The SMILES string of the molecule is OCc1cc2n(n1)CCCN(Cc1cn[nH]c1C1CCCCC1)C2. The van der Waals surface area contributed by atoms with Crippen molar-refractivity contribution < 1.29 is 5.11 Å². The van der Waals surface area contributed by atoms with E-state index in [0.717, 1.165) is 38.3 Å². The first-order chi connectivity index (χ1) is 11.8. The molecule has 3 heterocycles. The zero-order chi connectivity index (χ0) is 16.4. The first kappa shape index (κ1) is 15.8. The molecule has 0 bridgehead atoms. The van der Waals surface area contributed by atoms with E-state index >= 15 is 0 Å². The number of nitrogens with one attached hydrogen (secondary N) is 1. The number of fused-ring (bicyclic) bond motifs is 1. The molecule has 0 radical (unpaired) electrons. The van der Waals surface area contributed by atoms with E-state index in [2.05, 4.69) is 24.9 Å². The largest absolute Gasteiger partial charge is 0.390 e. The molecular weight excluding hydrogens is 302 g/mol. The molecule has 6 heteroatoms. The summed E-state index contributed by atoms with van der Waals surface area (Å²) in [5, 5.41) is 21.4. The number of aliphatic hydroxyl groups excluding tert-OH is 1. The second-order valence-electron chi connectivity index (χ2n) is 7.22. The Labute approximate surface area is 142 Å². The Hall–Kier alpha value is -1.66. The first-order valence-electron chi connectivity index (χ1n) is 9.24. The second-order valence-corrected chi connectivity index (χ2v) is 7.22. The third-order valence-electron chi connectivity index (χ3n) is 5.46. The Bertz CT molecular complexity index is 671. The van der Waals surface area contributed by atoms with Gasteiger partial charge in [-0.05, 0) is 25.3 Å². The van der Waals surface area contributed by atoms with Crippen molar-refractivity contribution in [2.75, 3.05) is 6.54 Å². The summed E-state index contributed by atoms with van der Waals surface area (Å²) < 4.78 is 2.06. The van der Waals surface area contributed by atoms with Crippen LogP contribution in [0.2, 0.25) is 0 Å². The van der Waals surface area contributed by atoms with Crippen LogP contribution < -0.4 is 0 Å². The van der Waals surface area contributed by atoms with Crippen LogP contribution in [-0.4, -0.2) is 36.5 Å². The lowest BCUT2D eigenvalue weighted by atomic mass is 9.85. The summed E-state index contributed by atoms with van der Waals surface area (Å²) in [6.45, 7) is 3.87. The molecule has 2 N–H and O–H groups in total. The predicted molar refractivity (Wildman–Crippen MR) is 91.3 cm³/mol. The number of aromatic amines is 1. The van der Waals surface area contributed by atoms with Crippen LogP contribution in [0.5, 0.6) is 0 Å². The topological polar surface area (TPSA) is 70.0 Å². The molecular formula is C18H27N5O. The molecule has 1 aliphatic heterocycles. The molecule has 2 aromatic heterocycles. The molecule has 0 saturated heterocycles. The van der Waals surface area contributed by atoms with Gasteiger partial charge in [0.2, 0.25) is 0 Å². The Morgan fingerprint density at radius 2 is 2.04 bits per heavy atom. The number of aliphatic hydroxyl groups is 1. The van der Waals surface area contributed by atoms with Gasteiger partial charge in [0.25, 0.3) is 0 Å². The summed E-state index contributed by atoms with van der Waals surface area (Å²) >= 11 is 0. The number of hydrogen-bond acceptors (Lipinski definition) is 4. The summed E-state index contributed by atoms with van der Waals surface area (Å²) in [6, 6.07) is 2.04. The van der Waals surface area contributed by atoms with Crippen molar-refractivity contribution in [3.63, 3.8) is 0 Å². The van der Waals surface area contributed by atoms with Gasteiger partial charge in [-0.3, -0.25) is 14.7 Å². The highest BCUT2D eigenvalue weighted by Gasteiger charge is 2.23. The molecule has 24 heavy (non-hydrogen) atoms. The predicted octanol–water partition coefficient (Wildman–Crippen LogP) is 2.55. The number of nitrogens with zero attached hydrogens (tertiary/aromatic N) is 4. The normalized spacial score (nSPS) is 20.0. The Kier molecular flexibility index (Phi) is 4.67. The minimum Gasteiger partial charge on any atom is -0.390 e. The van der Waals surface area contributed by atoms with Crippen molar-refractivity contribution in [3.05, 3.63) is 34.9 Å².